The van der Waals surface area contributed by atoms with Crippen LogP contribution in [0.4, 0.5) is 24.7 Å². The average Bonchev–Trinajstić information content (AvgIpc) is 3.27. The van der Waals surface area contributed by atoms with Crippen LogP contribution < -0.4 is 10.6 Å². The van der Waals surface area contributed by atoms with Crippen LogP contribution in [0.5, 0.6) is 0 Å². The summed E-state index contributed by atoms with van der Waals surface area (Å²) in [6, 6.07) is 5.46. The monoisotopic (exact) mass is 580 g/mol. The van der Waals surface area contributed by atoms with Gasteiger partial charge in [0.15, 0.2) is 16.4 Å². The van der Waals surface area contributed by atoms with Gasteiger partial charge in [0.1, 0.15) is 11.6 Å². The van der Waals surface area contributed by atoms with Gasteiger partial charge in [0.25, 0.3) is 5.91 Å². The molecule has 1 aromatic carbocycles. The normalized spacial score (nSPS) is 18.4. The van der Waals surface area contributed by atoms with E-state index in [0.29, 0.717) is 26.7 Å². The molecule has 12 heteroatoms. The number of hydrogen-bond donors (Lipinski definition) is 2. The second kappa shape index (κ2) is 8.18. The van der Waals surface area contributed by atoms with E-state index in [0.717, 1.165) is 4.68 Å². The number of fused-ring (bicyclic) bond motifs is 1. The number of nitrogens with zero attached hydrogens (tertiary/aromatic N) is 2. The van der Waals surface area contributed by atoms with Crippen LogP contribution in [0.1, 0.15) is 40.3 Å². The number of carbonyl (C=O) groups is 1. The van der Waals surface area contributed by atoms with Gasteiger partial charge in [-0.25, -0.2) is 4.68 Å². The molecule has 2 N–H and O–H groups in total. The fourth-order valence-corrected chi connectivity index (χ4v) is 4.41. The molecule has 0 radical (unpaired) electrons. The Bertz CT molecular complexity index is 1160. The van der Waals surface area contributed by atoms with Gasteiger partial charge in [-0.05, 0) is 68.6 Å². The highest BCUT2D eigenvalue weighted by Crippen LogP contribution is 2.46. The number of hydrogen-bond acceptors (Lipinski definition) is 4. The Morgan fingerprint density at radius 2 is 2.06 bits per heavy atom. The molecule has 1 aliphatic heterocycles. The lowest BCUT2D eigenvalue weighted by Gasteiger charge is -2.32. The Morgan fingerprint density at radius 3 is 2.71 bits per heavy atom. The highest BCUT2D eigenvalue weighted by molar-refractivity contribution is 9.10. The molecule has 3 aromatic rings. The highest BCUT2D eigenvalue weighted by Gasteiger charge is 2.48. The highest BCUT2D eigenvalue weighted by atomic mass is 79.9. The largest absolute Gasteiger partial charge is 0.452 e. The van der Waals surface area contributed by atoms with E-state index in [1.807, 2.05) is 0 Å². The number of amides is 1. The molecular formula is C19H14Br2ClF3N4O2. The topological polar surface area (TPSA) is 72.1 Å². The van der Waals surface area contributed by atoms with Gasteiger partial charge in [0, 0.05) is 17.1 Å². The smallest absolute Gasteiger partial charge is 0.410 e. The first kappa shape index (κ1) is 22.2. The third kappa shape index (κ3) is 4.22. The summed E-state index contributed by atoms with van der Waals surface area (Å²) in [7, 11) is 0. The zero-order chi connectivity index (χ0) is 22.5. The predicted octanol–water partition coefficient (Wildman–Crippen LogP) is 6.88. The van der Waals surface area contributed by atoms with Crippen molar-refractivity contribution in [1.29, 1.82) is 0 Å². The van der Waals surface area contributed by atoms with Gasteiger partial charge < -0.3 is 15.1 Å². The molecule has 164 valence electrons. The van der Waals surface area contributed by atoms with Crippen molar-refractivity contribution in [2.75, 3.05) is 10.6 Å². The number of benzene rings is 1. The van der Waals surface area contributed by atoms with Crippen molar-refractivity contribution in [2.45, 2.75) is 31.6 Å². The van der Waals surface area contributed by atoms with Crippen molar-refractivity contribution in [3.63, 3.8) is 0 Å². The average molecular weight is 583 g/mol. The van der Waals surface area contributed by atoms with Gasteiger partial charge in [-0.2, -0.15) is 18.3 Å². The summed E-state index contributed by atoms with van der Waals surface area (Å²) in [5.41, 5.74) is 0.888. The number of aromatic nitrogens is 2. The van der Waals surface area contributed by atoms with Crippen molar-refractivity contribution >= 4 is 60.9 Å². The van der Waals surface area contributed by atoms with Crippen LogP contribution in [-0.2, 0) is 0 Å². The second-order valence-corrected chi connectivity index (χ2v) is 8.94. The van der Waals surface area contributed by atoms with Crippen LogP contribution in [0.25, 0.3) is 0 Å². The van der Waals surface area contributed by atoms with Crippen LogP contribution in [0.3, 0.4) is 0 Å². The minimum Gasteiger partial charge on any atom is -0.452 e. The predicted molar refractivity (Wildman–Crippen MR) is 117 cm³/mol. The fraction of sp³-hybridized carbons (Fsp3) is 0.263. The summed E-state index contributed by atoms with van der Waals surface area (Å²) < 4.78 is 48.3. The number of rotatable bonds is 3. The molecule has 6 nitrogen and oxygen atoms in total. The van der Waals surface area contributed by atoms with Gasteiger partial charge in [-0.3, -0.25) is 4.79 Å². The first-order valence-corrected chi connectivity index (χ1v) is 11.0. The molecule has 4 rings (SSSR count). The number of nitrogens with one attached hydrogen (secondary N) is 2. The molecule has 0 fully saturated rings. The molecule has 3 heterocycles. The number of furan rings is 1. The SMILES string of the molecule is Cc1c(Cl)cccc1NC(=O)c1nn2c(c1Br)N[C@H](c1ccc(Br)o1)C[C@H]2C(F)(F)F. The summed E-state index contributed by atoms with van der Waals surface area (Å²) in [6.07, 6.45) is -4.93. The lowest BCUT2D eigenvalue weighted by Crippen LogP contribution is -2.35. The van der Waals surface area contributed by atoms with Crippen LogP contribution in [-0.4, -0.2) is 21.9 Å². The molecule has 0 spiro atoms. The van der Waals surface area contributed by atoms with Crippen molar-refractivity contribution in [3.05, 3.63) is 61.5 Å². The van der Waals surface area contributed by atoms with E-state index < -0.39 is 24.2 Å². The number of alkyl halides is 3. The lowest BCUT2D eigenvalue weighted by molar-refractivity contribution is -0.174. The molecule has 2 atom stereocenters. The molecule has 0 bridgehead atoms. The fourth-order valence-electron chi connectivity index (χ4n) is 3.36. The minimum absolute atomic E-state index is 0.0408. The summed E-state index contributed by atoms with van der Waals surface area (Å²) in [4.78, 5) is 12.8. The van der Waals surface area contributed by atoms with Crippen molar-refractivity contribution in [1.82, 2.24) is 9.78 Å². The van der Waals surface area contributed by atoms with E-state index in [1.165, 1.54) is 0 Å². The van der Waals surface area contributed by atoms with E-state index in [2.05, 4.69) is 47.6 Å². The quantitative estimate of drug-likeness (QED) is 0.354. The molecule has 1 aliphatic rings. The Morgan fingerprint density at radius 1 is 1.32 bits per heavy atom. The maximum atomic E-state index is 13.8. The maximum absolute atomic E-state index is 13.8. The van der Waals surface area contributed by atoms with Gasteiger partial charge in [-0.1, -0.05) is 17.7 Å². The molecule has 0 saturated heterocycles. The molecule has 1 amide bonds. The maximum Gasteiger partial charge on any atom is 0.410 e. The summed E-state index contributed by atoms with van der Waals surface area (Å²) in [5.74, 6) is -0.292. The first-order valence-electron chi connectivity index (χ1n) is 8.99. The third-order valence-corrected chi connectivity index (χ3v) is 6.55. The van der Waals surface area contributed by atoms with Gasteiger partial charge in [-0.15, -0.1) is 0 Å². The summed E-state index contributed by atoms with van der Waals surface area (Å²) in [5, 5.41) is 10.1. The van der Waals surface area contributed by atoms with Crippen LogP contribution in [0.2, 0.25) is 5.02 Å². The number of carbonyl (C=O) groups excluding carboxylic acids is 1. The van der Waals surface area contributed by atoms with E-state index in [1.54, 1.807) is 37.3 Å². The van der Waals surface area contributed by atoms with Crippen molar-refractivity contribution < 1.29 is 22.4 Å². The van der Waals surface area contributed by atoms with Crippen LogP contribution >= 0.6 is 43.5 Å². The zero-order valence-corrected chi connectivity index (χ0v) is 19.7. The van der Waals surface area contributed by atoms with Crippen LogP contribution in [0, 0.1) is 6.92 Å². The standard InChI is InChI=1S/C19H14Br2ClF3N4O2/c1-8-9(22)3-2-4-10(8)27-18(30)16-15(21)17-26-11(12-5-6-14(20)31-12)7-13(19(23,24)25)29(17)28-16/h2-6,11,13,26H,7H2,1H3,(H,27,30)/t11-,13-/m0/s1. The van der Waals surface area contributed by atoms with E-state index in [9.17, 15) is 18.0 Å². The van der Waals surface area contributed by atoms with Gasteiger partial charge in [0.2, 0.25) is 0 Å². The molecular weight excluding hydrogens is 568 g/mol. The van der Waals surface area contributed by atoms with Gasteiger partial charge in [0.05, 0.1) is 10.5 Å². The minimum atomic E-state index is -4.58. The Balaban J connectivity index is 1.71. The van der Waals surface area contributed by atoms with E-state index in [-0.39, 0.29) is 22.4 Å². The van der Waals surface area contributed by atoms with Crippen molar-refractivity contribution in [3.8, 4) is 0 Å². The first-order chi connectivity index (χ1) is 14.6. The Labute approximate surface area is 196 Å². The second-order valence-electron chi connectivity index (χ2n) is 6.95. The summed E-state index contributed by atoms with van der Waals surface area (Å²) >= 11 is 12.5. The Kier molecular flexibility index (Phi) is 5.86. The van der Waals surface area contributed by atoms with E-state index in [4.69, 9.17) is 16.0 Å². The Hall–Kier alpha value is -1.98. The third-order valence-electron chi connectivity index (χ3n) is 4.96. The number of halogens is 6. The van der Waals surface area contributed by atoms with Crippen molar-refractivity contribution in [2.24, 2.45) is 0 Å². The number of anilines is 2. The molecule has 31 heavy (non-hydrogen) atoms. The van der Waals surface area contributed by atoms with Gasteiger partial charge >= 0.3 is 6.18 Å². The zero-order valence-electron chi connectivity index (χ0n) is 15.7. The molecule has 2 aromatic heterocycles. The van der Waals surface area contributed by atoms with Crippen LogP contribution in [0.15, 0.2) is 43.9 Å². The molecule has 0 unspecified atom stereocenters. The summed E-state index contributed by atoms with van der Waals surface area (Å²) in [6.45, 7) is 1.72. The molecule has 0 aliphatic carbocycles. The van der Waals surface area contributed by atoms with E-state index >= 15 is 0 Å². The molecule has 0 saturated carbocycles. The lowest BCUT2D eigenvalue weighted by atomic mass is 10.0.